The molecule has 9 heteroatoms. The number of nitrogens with one attached hydrogen (secondary N) is 2. The number of fused-ring (bicyclic) bond motifs is 1. The predicted octanol–water partition coefficient (Wildman–Crippen LogP) is 3.89. The Morgan fingerprint density at radius 1 is 1.25 bits per heavy atom. The van der Waals surface area contributed by atoms with Gasteiger partial charge in [-0.05, 0) is 63.3 Å². The molecule has 0 fully saturated rings. The first kappa shape index (κ1) is 23.3. The van der Waals surface area contributed by atoms with Crippen molar-refractivity contribution >= 4 is 34.7 Å². The molecule has 0 radical (unpaired) electrons. The first-order valence-corrected chi connectivity index (χ1v) is 10.6. The molecule has 1 heterocycles. The lowest BCUT2D eigenvalue weighted by Gasteiger charge is -2.33. The number of methoxy groups -OCH3 is 1. The maximum absolute atomic E-state index is 11.6. The number of carbonyl (C=O) groups excluding carboxylic acids is 1. The number of carbonyl (C=O) groups is 1. The van der Waals surface area contributed by atoms with Crippen molar-refractivity contribution in [2.45, 2.75) is 32.8 Å². The van der Waals surface area contributed by atoms with Crippen LogP contribution in [0.4, 0.5) is 5.69 Å². The molecular formula is C23H27N3O5S. The van der Waals surface area contributed by atoms with Crippen LogP contribution < -0.4 is 25.0 Å². The second-order valence-electron chi connectivity index (χ2n) is 7.61. The van der Waals surface area contributed by atoms with E-state index in [1.54, 1.807) is 32.2 Å². The average molecular weight is 458 g/mol. The number of esters is 1. The van der Waals surface area contributed by atoms with Crippen molar-refractivity contribution in [3.63, 3.8) is 0 Å². The van der Waals surface area contributed by atoms with Crippen LogP contribution in [0, 0.1) is 0 Å². The van der Waals surface area contributed by atoms with E-state index in [0.29, 0.717) is 35.4 Å². The first-order valence-electron chi connectivity index (χ1n) is 10.2. The predicted molar refractivity (Wildman–Crippen MR) is 127 cm³/mol. The van der Waals surface area contributed by atoms with Crippen molar-refractivity contribution in [2.75, 3.05) is 25.6 Å². The van der Waals surface area contributed by atoms with E-state index >= 15 is 0 Å². The number of hydrazone groups is 1. The molecule has 0 atom stereocenters. The summed E-state index contributed by atoms with van der Waals surface area (Å²) in [6.45, 7) is 5.86. The molecule has 1 aliphatic rings. The summed E-state index contributed by atoms with van der Waals surface area (Å²) < 4.78 is 21.9. The monoisotopic (exact) mass is 457 g/mol. The Bertz CT molecular complexity index is 1020. The van der Waals surface area contributed by atoms with Crippen molar-refractivity contribution < 1.29 is 23.7 Å². The summed E-state index contributed by atoms with van der Waals surface area (Å²) in [5.41, 5.74) is 4.70. The minimum absolute atomic E-state index is 0.170. The van der Waals surface area contributed by atoms with Crippen LogP contribution in [0.1, 0.15) is 32.8 Å². The van der Waals surface area contributed by atoms with Gasteiger partial charge < -0.3 is 24.3 Å². The van der Waals surface area contributed by atoms with Crippen LogP contribution in [-0.4, -0.2) is 42.7 Å². The van der Waals surface area contributed by atoms with E-state index in [0.717, 1.165) is 17.0 Å². The molecule has 0 unspecified atom stereocenters. The standard InChI is InChI=1S/C23H27N3O5S/c1-5-29-21(27)14-30-15-10-11-19-16(12-15)18(13-23(2,3)31-19)25-26-22(32)24-17-8-6-7-9-20(17)28-4/h6-12H,5,13-14H2,1-4H3,(H2,24,26,32)/b25-18+. The first-order chi connectivity index (χ1) is 15.3. The molecule has 0 aromatic heterocycles. The third kappa shape index (κ3) is 6.10. The topological polar surface area (TPSA) is 90.4 Å². The number of para-hydroxylation sites is 2. The Hall–Kier alpha value is -3.33. The van der Waals surface area contributed by atoms with Crippen LogP contribution in [0.15, 0.2) is 47.6 Å². The van der Waals surface area contributed by atoms with Gasteiger partial charge in [-0.25, -0.2) is 4.79 Å². The number of ether oxygens (including phenoxy) is 4. The highest BCUT2D eigenvalue weighted by atomic mass is 32.1. The van der Waals surface area contributed by atoms with Gasteiger partial charge in [-0.2, -0.15) is 5.10 Å². The number of rotatable bonds is 7. The fourth-order valence-corrected chi connectivity index (χ4v) is 3.36. The number of benzene rings is 2. The van der Waals surface area contributed by atoms with Crippen LogP contribution in [0.25, 0.3) is 0 Å². The van der Waals surface area contributed by atoms with Gasteiger partial charge in [0, 0.05) is 12.0 Å². The van der Waals surface area contributed by atoms with E-state index in [1.165, 1.54) is 0 Å². The van der Waals surface area contributed by atoms with Crippen LogP contribution >= 0.6 is 12.2 Å². The minimum atomic E-state index is -0.446. The van der Waals surface area contributed by atoms with Crippen LogP contribution in [-0.2, 0) is 9.53 Å². The van der Waals surface area contributed by atoms with Gasteiger partial charge in [0.25, 0.3) is 0 Å². The molecular weight excluding hydrogens is 430 g/mol. The van der Waals surface area contributed by atoms with Gasteiger partial charge in [-0.15, -0.1) is 0 Å². The third-order valence-corrected chi connectivity index (χ3v) is 4.74. The number of anilines is 1. The molecule has 170 valence electrons. The highest BCUT2D eigenvalue weighted by Gasteiger charge is 2.31. The summed E-state index contributed by atoms with van der Waals surface area (Å²) in [5, 5.41) is 7.94. The highest BCUT2D eigenvalue weighted by molar-refractivity contribution is 7.80. The summed E-state index contributed by atoms with van der Waals surface area (Å²) in [5.74, 6) is 1.44. The zero-order valence-electron chi connectivity index (χ0n) is 18.6. The summed E-state index contributed by atoms with van der Waals surface area (Å²) in [6, 6.07) is 12.8. The van der Waals surface area contributed by atoms with Gasteiger partial charge in [-0.1, -0.05) is 12.1 Å². The van der Waals surface area contributed by atoms with Gasteiger partial charge in [0.1, 0.15) is 22.8 Å². The van der Waals surface area contributed by atoms with Gasteiger partial charge in [-0.3, -0.25) is 5.43 Å². The molecule has 2 N–H and O–H groups in total. The van der Waals surface area contributed by atoms with Gasteiger partial charge in [0.2, 0.25) is 0 Å². The molecule has 2 aromatic rings. The fourth-order valence-electron chi connectivity index (χ4n) is 3.21. The molecule has 0 saturated carbocycles. The smallest absolute Gasteiger partial charge is 0.344 e. The maximum atomic E-state index is 11.6. The summed E-state index contributed by atoms with van der Waals surface area (Å²) in [6.07, 6.45) is 0.547. The molecule has 3 rings (SSSR count). The molecule has 0 aliphatic carbocycles. The molecule has 32 heavy (non-hydrogen) atoms. The quantitative estimate of drug-likeness (QED) is 0.368. The average Bonchev–Trinajstić information content (AvgIpc) is 2.76. The Morgan fingerprint density at radius 2 is 2.03 bits per heavy atom. The highest BCUT2D eigenvalue weighted by Crippen LogP contribution is 2.35. The van der Waals surface area contributed by atoms with Crippen molar-refractivity contribution in [3.05, 3.63) is 48.0 Å². The van der Waals surface area contributed by atoms with Crippen LogP contribution in [0.2, 0.25) is 0 Å². The zero-order valence-corrected chi connectivity index (χ0v) is 19.4. The van der Waals surface area contributed by atoms with E-state index in [9.17, 15) is 4.79 Å². The molecule has 0 bridgehead atoms. The van der Waals surface area contributed by atoms with Gasteiger partial charge in [0.15, 0.2) is 11.7 Å². The Balaban J connectivity index is 1.77. The Kier molecular flexibility index (Phi) is 7.53. The van der Waals surface area contributed by atoms with Gasteiger partial charge >= 0.3 is 5.97 Å². The Labute approximate surface area is 192 Å². The normalized spacial score (nSPS) is 15.2. The molecule has 0 spiro atoms. The maximum Gasteiger partial charge on any atom is 0.344 e. The number of nitrogens with zero attached hydrogens (tertiary/aromatic N) is 1. The van der Waals surface area contributed by atoms with Crippen LogP contribution in [0.5, 0.6) is 17.2 Å². The summed E-state index contributed by atoms with van der Waals surface area (Å²) >= 11 is 5.40. The van der Waals surface area contributed by atoms with Crippen molar-refractivity contribution in [1.29, 1.82) is 0 Å². The summed E-state index contributed by atoms with van der Waals surface area (Å²) in [4.78, 5) is 11.6. The second kappa shape index (κ2) is 10.3. The van der Waals surface area contributed by atoms with Crippen molar-refractivity contribution in [3.8, 4) is 17.2 Å². The van der Waals surface area contributed by atoms with Crippen LogP contribution in [0.3, 0.4) is 0 Å². The molecule has 0 saturated heterocycles. The molecule has 8 nitrogen and oxygen atoms in total. The molecule has 1 aliphatic heterocycles. The van der Waals surface area contributed by atoms with E-state index in [-0.39, 0.29) is 6.61 Å². The number of thiocarbonyl (C=S) groups is 1. The minimum Gasteiger partial charge on any atom is -0.495 e. The molecule has 0 amide bonds. The fraction of sp³-hybridized carbons (Fsp3) is 0.348. The number of hydrogen-bond donors (Lipinski definition) is 2. The number of hydrogen-bond acceptors (Lipinski definition) is 7. The molecule has 2 aromatic carbocycles. The third-order valence-electron chi connectivity index (χ3n) is 4.55. The van der Waals surface area contributed by atoms with E-state index in [2.05, 4.69) is 15.8 Å². The zero-order chi connectivity index (χ0) is 23.1. The largest absolute Gasteiger partial charge is 0.495 e. The lowest BCUT2D eigenvalue weighted by atomic mass is 9.92. The SMILES string of the molecule is CCOC(=O)COc1ccc2c(c1)/C(=N/NC(=S)Nc1ccccc1OC)CC(C)(C)O2. The van der Waals surface area contributed by atoms with E-state index in [1.807, 2.05) is 38.1 Å². The van der Waals surface area contributed by atoms with E-state index < -0.39 is 11.6 Å². The lowest BCUT2D eigenvalue weighted by Crippen LogP contribution is -2.37. The summed E-state index contributed by atoms with van der Waals surface area (Å²) in [7, 11) is 1.60. The van der Waals surface area contributed by atoms with Gasteiger partial charge in [0.05, 0.1) is 25.1 Å². The second-order valence-corrected chi connectivity index (χ2v) is 8.02. The Morgan fingerprint density at radius 3 is 2.78 bits per heavy atom. The van der Waals surface area contributed by atoms with Crippen molar-refractivity contribution in [1.82, 2.24) is 5.43 Å². The van der Waals surface area contributed by atoms with Crippen molar-refractivity contribution in [2.24, 2.45) is 5.10 Å². The lowest BCUT2D eigenvalue weighted by molar-refractivity contribution is -0.145. The van der Waals surface area contributed by atoms with E-state index in [4.69, 9.17) is 31.2 Å².